The van der Waals surface area contributed by atoms with E-state index in [9.17, 15) is 18.0 Å². The molecule has 2 aliphatic rings. The van der Waals surface area contributed by atoms with E-state index in [1.54, 1.807) is 24.3 Å². The monoisotopic (exact) mass is 459 g/mol. The van der Waals surface area contributed by atoms with E-state index < -0.39 is 27.9 Å². The maximum Gasteiger partial charge on any atom is 0.266 e. The summed E-state index contributed by atoms with van der Waals surface area (Å²) < 4.78 is 38.5. The van der Waals surface area contributed by atoms with Crippen LogP contribution in [0, 0.1) is 0 Å². The Morgan fingerprint density at radius 2 is 1.75 bits per heavy atom. The molecule has 0 unspecified atom stereocenters. The highest BCUT2D eigenvalue weighted by atomic mass is 32.2. The summed E-state index contributed by atoms with van der Waals surface area (Å²) in [5.41, 5.74) is 0.990. The van der Waals surface area contributed by atoms with Crippen LogP contribution in [0.4, 0.5) is 11.4 Å². The van der Waals surface area contributed by atoms with Gasteiger partial charge in [0.15, 0.2) is 6.10 Å². The van der Waals surface area contributed by atoms with Crippen LogP contribution in [0.25, 0.3) is 0 Å². The molecule has 1 saturated heterocycles. The van der Waals surface area contributed by atoms with E-state index in [-0.39, 0.29) is 36.6 Å². The van der Waals surface area contributed by atoms with Crippen molar-refractivity contribution in [3.8, 4) is 5.75 Å². The zero-order valence-electron chi connectivity index (χ0n) is 17.8. The van der Waals surface area contributed by atoms with Crippen LogP contribution >= 0.6 is 0 Å². The molecule has 170 valence electrons. The number of para-hydroxylation sites is 2. The van der Waals surface area contributed by atoms with Gasteiger partial charge in [0.2, 0.25) is 15.9 Å². The second-order valence-corrected chi connectivity index (χ2v) is 9.89. The molecule has 2 amide bonds. The Morgan fingerprint density at radius 3 is 2.44 bits per heavy atom. The molecule has 0 aliphatic carbocycles. The molecule has 0 spiro atoms. The number of fused-ring (bicyclic) bond motifs is 1. The maximum atomic E-state index is 12.9. The molecule has 0 radical (unpaired) electrons. The Bertz CT molecular complexity index is 1110. The number of nitrogens with one attached hydrogen (secondary N) is 2. The Hall–Kier alpha value is -2.95. The molecule has 2 N–H and O–H groups in total. The quantitative estimate of drug-likeness (QED) is 0.709. The summed E-state index contributed by atoms with van der Waals surface area (Å²) in [6, 6.07) is 12.9. The molecule has 2 aromatic carbocycles. The predicted molar refractivity (Wildman–Crippen MR) is 118 cm³/mol. The topological polar surface area (TPSA) is 114 Å². The van der Waals surface area contributed by atoms with Gasteiger partial charge in [0, 0.05) is 18.8 Å². The second kappa shape index (κ2) is 8.89. The van der Waals surface area contributed by atoms with Gasteiger partial charge in [-0.25, -0.2) is 8.42 Å². The number of morpholine rings is 1. The first-order valence-corrected chi connectivity index (χ1v) is 11.8. The molecule has 0 bridgehead atoms. The summed E-state index contributed by atoms with van der Waals surface area (Å²) in [4.78, 5) is 24.8. The largest absolute Gasteiger partial charge is 0.478 e. The Labute approximate surface area is 186 Å². The van der Waals surface area contributed by atoms with Crippen molar-refractivity contribution in [3.05, 3.63) is 48.5 Å². The van der Waals surface area contributed by atoms with E-state index >= 15 is 0 Å². The molecule has 9 nitrogen and oxygen atoms in total. The molecule has 4 rings (SSSR count). The number of carbonyl (C=O) groups excluding carboxylic acids is 2. The van der Waals surface area contributed by atoms with Crippen LogP contribution < -0.4 is 15.4 Å². The van der Waals surface area contributed by atoms with Crippen LogP contribution in [-0.4, -0.2) is 55.9 Å². The first-order chi connectivity index (χ1) is 15.2. The third kappa shape index (κ3) is 4.77. The van der Waals surface area contributed by atoms with Gasteiger partial charge in [0.1, 0.15) is 5.75 Å². The van der Waals surface area contributed by atoms with Gasteiger partial charge in [-0.15, -0.1) is 0 Å². The Kier molecular flexibility index (Phi) is 6.18. The molecule has 32 heavy (non-hydrogen) atoms. The van der Waals surface area contributed by atoms with E-state index in [0.717, 1.165) is 0 Å². The normalized spacial score (nSPS) is 23.6. The molecule has 0 saturated carbocycles. The average Bonchev–Trinajstić information content (AvgIpc) is 2.74. The smallest absolute Gasteiger partial charge is 0.266 e. The number of hydrogen-bond donors (Lipinski definition) is 2. The number of hydrogen-bond acceptors (Lipinski definition) is 6. The minimum Gasteiger partial charge on any atom is -0.478 e. The summed E-state index contributed by atoms with van der Waals surface area (Å²) in [6.45, 7) is 4.26. The van der Waals surface area contributed by atoms with Crippen molar-refractivity contribution in [1.29, 1.82) is 0 Å². The van der Waals surface area contributed by atoms with Crippen LogP contribution in [0.2, 0.25) is 0 Å². The highest BCUT2D eigenvalue weighted by Gasteiger charge is 2.32. The van der Waals surface area contributed by atoms with E-state index in [2.05, 4.69) is 10.6 Å². The highest BCUT2D eigenvalue weighted by Crippen LogP contribution is 2.30. The first kappa shape index (κ1) is 22.3. The zero-order chi connectivity index (χ0) is 22.9. The lowest BCUT2D eigenvalue weighted by Gasteiger charge is -2.34. The fourth-order valence-corrected chi connectivity index (χ4v) is 5.38. The van der Waals surface area contributed by atoms with Gasteiger partial charge in [0.05, 0.1) is 29.2 Å². The third-order valence-electron chi connectivity index (χ3n) is 5.24. The van der Waals surface area contributed by atoms with E-state index in [0.29, 0.717) is 17.1 Å². The van der Waals surface area contributed by atoms with Crippen LogP contribution in [-0.2, 0) is 24.3 Å². The van der Waals surface area contributed by atoms with Gasteiger partial charge in [0.25, 0.3) is 5.91 Å². The van der Waals surface area contributed by atoms with Gasteiger partial charge >= 0.3 is 0 Å². The van der Waals surface area contributed by atoms with Crippen LogP contribution in [0.3, 0.4) is 0 Å². The van der Waals surface area contributed by atoms with Gasteiger partial charge in [-0.05, 0) is 50.2 Å². The lowest BCUT2D eigenvalue weighted by molar-refractivity contribution is -0.128. The van der Waals surface area contributed by atoms with Gasteiger partial charge in [-0.2, -0.15) is 4.31 Å². The van der Waals surface area contributed by atoms with E-state index in [1.165, 1.54) is 28.6 Å². The number of nitrogens with zero attached hydrogens (tertiary/aromatic N) is 1. The first-order valence-electron chi connectivity index (χ1n) is 10.3. The molecule has 3 atom stereocenters. The SMILES string of the molecule is C[C@@H]1CN(S(=O)(=O)c2ccc(NC(=O)C[C@H]3Oc4ccccc4NC3=O)cc2)C[C@@H](C)O1. The van der Waals surface area contributed by atoms with Gasteiger partial charge in [-0.1, -0.05) is 12.1 Å². The minimum absolute atomic E-state index is 0.142. The molecule has 10 heteroatoms. The van der Waals surface area contributed by atoms with Crippen LogP contribution in [0.5, 0.6) is 5.75 Å². The fourth-order valence-electron chi connectivity index (χ4n) is 3.79. The second-order valence-electron chi connectivity index (χ2n) is 7.95. The van der Waals surface area contributed by atoms with Crippen molar-refractivity contribution in [1.82, 2.24) is 4.31 Å². The molecule has 0 aromatic heterocycles. The molecular formula is C22H25N3O6S. The van der Waals surface area contributed by atoms with Crippen molar-refractivity contribution in [2.24, 2.45) is 0 Å². The molecule has 2 heterocycles. The lowest BCUT2D eigenvalue weighted by atomic mass is 10.1. The minimum atomic E-state index is -3.66. The fraction of sp³-hybridized carbons (Fsp3) is 0.364. The number of amides is 2. The molecule has 2 aromatic rings. The van der Waals surface area contributed by atoms with Gasteiger partial charge in [-0.3, -0.25) is 9.59 Å². The number of benzene rings is 2. The number of anilines is 2. The van der Waals surface area contributed by atoms with Crippen LogP contribution in [0.1, 0.15) is 20.3 Å². The zero-order valence-corrected chi connectivity index (χ0v) is 18.6. The number of carbonyl (C=O) groups is 2. The molecule has 1 fully saturated rings. The number of ether oxygens (including phenoxy) is 2. The summed E-state index contributed by atoms with van der Waals surface area (Å²) in [5, 5.41) is 5.40. The van der Waals surface area contributed by atoms with E-state index in [1.807, 2.05) is 13.8 Å². The maximum absolute atomic E-state index is 12.9. The summed E-state index contributed by atoms with van der Waals surface area (Å²) in [6.07, 6.45) is -1.49. The Morgan fingerprint density at radius 1 is 1.09 bits per heavy atom. The van der Waals surface area contributed by atoms with Crippen molar-refractivity contribution >= 4 is 33.2 Å². The third-order valence-corrected chi connectivity index (χ3v) is 7.09. The number of rotatable bonds is 5. The van der Waals surface area contributed by atoms with E-state index in [4.69, 9.17) is 9.47 Å². The van der Waals surface area contributed by atoms with Crippen molar-refractivity contribution in [2.45, 2.75) is 43.5 Å². The van der Waals surface area contributed by atoms with Crippen molar-refractivity contribution in [2.75, 3.05) is 23.7 Å². The Balaban J connectivity index is 1.38. The average molecular weight is 460 g/mol. The summed E-state index contributed by atoms with van der Waals surface area (Å²) >= 11 is 0. The standard InChI is InChI=1S/C22H25N3O6S/c1-14-12-25(13-15(2)30-14)32(28,29)17-9-7-16(8-10-17)23-21(26)11-20-22(27)24-18-5-3-4-6-19(18)31-20/h3-10,14-15,20H,11-13H2,1-2H3,(H,23,26)(H,24,27)/t14-,15-,20-/m1/s1. The summed E-state index contributed by atoms with van der Waals surface area (Å²) in [5.74, 6) is -0.309. The van der Waals surface area contributed by atoms with Crippen LogP contribution in [0.15, 0.2) is 53.4 Å². The van der Waals surface area contributed by atoms with Crippen molar-refractivity contribution in [3.63, 3.8) is 0 Å². The predicted octanol–water partition coefficient (Wildman–Crippen LogP) is 2.21. The summed E-state index contributed by atoms with van der Waals surface area (Å²) in [7, 11) is -3.66. The van der Waals surface area contributed by atoms with Crippen molar-refractivity contribution < 1.29 is 27.5 Å². The lowest BCUT2D eigenvalue weighted by Crippen LogP contribution is -2.48. The van der Waals surface area contributed by atoms with Gasteiger partial charge < -0.3 is 20.1 Å². The highest BCUT2D eigenvalue weighted by molar-refractivity contribution is 7.89. The molecule has 2 aliphatic heterocycles. The number of sulfonamides is 1. The molecular weight excluding hydrogens is 434 g/mol.